The molecule has 0 aliphatic rings. The fraction of sp³-hybridized carbons (Fsp3) is 0.500. The number of thioether (sulfide) groups is 1. The van der Waals surface area contributed by atoms with Crippen molar-refractivity contribution in [3.05, 3.63) is 17.6 Å². The highest BCUT2D eigenvalue weighted by Crippen LogP contribution is 2.21. The molecule has 0 aromatic carbocycles. The largest absolute Gasteiger partial charge is 0.338 e. The normalized spacial score (nSPS) is 11.8. The van der Waals surface area contributed by atoms with E-state index < -0.39 is 11.3 Å². The van der Waals surface area contributed by atoms with Crippen molar-refractivity contribution in [1.82, 2.24) is 20.6 Å². The second-order valence-electron chi connectivity index (χ2n) is 4.00. The highest BCUT2D eigenvalue weighted by Gasteiger charge is 2.17. The summed E-state index contributed by atoms with van der Waals surface area (Å²) in [4.78, 5) is 31.4. The maximum absolute atomic E-state index is 11.8. The summed E-state index contributed by atoms with van der Waals surface area (Å²) in [7, 11) is 0. The fourth-order valence-corrected chi connectivity index (χ4v) is 2.35. The molecule has 0 aliphatic carbocycles. The summed E-state index contributed by atoms with van der Waals surface area (Å²) in [6.07, 6.45) is 0. The summed E-state index contributed by atoms with van der Waals surface area (Å²) >= 11 is 1.30. The third-order valence-electron chi connectivity index (χ3n) is 2.18. The van der Waals surface area contributed by atoms with Crippen LogP contribution in [-0.4, -0.2) is 33.7 Å². The van der Waals surface area contributed by atoms with Gasteiger partial charge in [0.1, 0.15) is 10.9 Å². The Hall–Kier alpha value is -1.63. The van der Waals surface area contributed by atoms with E-state index >= 15 is 0 Å². The van der Waals surface area contributed by atoms with Crippen molar-refractivity contribution in [2.75, 3.05) is 6.54 Å². The van der Waals surface area contributed by atoms with Crippen LogP contribution in [0.1, 0.15) is 25.4 Å². The van der Waals surface area contributed by atoms with Gasteiger partial charge in [-0.25, -0.2) is 14.8 Å². The van der Waals surface area contributed by atoms with E-state index in [9.17, 15) is 9.59 Å². The van der Waals surface area contributed by atoms with Gasteiger partial charge in [-0.1, -0.05) is 11.8 Å². The predicted molar refractivity (Wildman–Crippen MR) is 74.0 cm³/mol. The average molecular weight is 282 g/mol. The molecule has 3 amide bonds. The monoisotopic (exact) mass is 282 g/mol. The second-order valence-corrected chi connectivity index (χ2v) is 5.36. The number of imide groups is 1. The van der Waals surface area contributed by atoms with Crippen LogP contribution in [0.4, 0.5) is 4.79 Å². The lowest BCUT2D eigenvalue weighted by atomic mass is 10.4. The van der Waals surface area contributed by atoms with Gasteiger partial charge in [0.25, 0.3) is 0 Å². The molecule has 0 radical (unpaired) electrons. The summed E-state index contributed by atoms with van der Waals surface area (Å²) in [5, 5.41) is 5.10. The van der Waals surface area contributed by atoms with E-state index in [-0.39, 0.29) is 5.91 Å². The zero-order valence-corrected chi connectivity index (χ0v) is 12.3. The van der Waals surface area contributed by atoms with E-state index in [1.54, 1.807) is 20.8 Å². The third kappa shape index (κ3) is 5.25. The smallest absolute Gasteiger partial charge is 0.321 e. The molecule has 0 spiro atoms. The summed E-state index contributed by atoms with van der Waals surface area (Å²) in [6.45, 7) is 7.67. The summed E-state index contributed by atoms with van der Waals surface area (Å²) < 4.78 is 0. The summed E-state index contributed by atoms with van der Waals surface area (Å²) in [6, 6.07) is 1.34. The van der Waals surface area contributed by atoms with Crippen molar-refractivity contribution in [2.24, 2.45) is 0 Å². The van der Waals surface area contributed by atoms with Gasteiger partial charge in [0.05, 0.1) is 5.25 Å². The van der Waals surface area contributed by atoms with E-state index in [0.29, 0.717) is 12.4 Å². The van der Waals surface area contributed by atoms with E-state index in [1.165, 1.54) is 11.8 Å². The molecule has 1 aromatic heterocycles. The average Bonchev–Trinajstić information content (AvgIpc) is 2.27. The first-order chi connectivity index (χ1) is 8.92. The predicted octanol–water partition coefficient (Wildman–Crippen LogP) is 1.42. The molecule has 1 rings (SSSR count). The molecule has 1 unspecified atom stereocenters. The van der Waals surface area contributed by atoms with E-state index in [4.69, 9.17) is 0 Å². The molecule has 7 heteroatoms. The molecule has 1 aromatic rings. The molecule has 0 bridgehead atoms. The molecular weight excluding hydrogens is 264 g/mol. The molecule has 0 aliphatic heterocycles. The minimum Gasteiger partial charge on any atom is -0.338 e. The molecule has 104 valence electrons. The molecular formula is C12H18N4O2S. The number of carbonyl (C=O) groups is 2. The number of rotatable bonds is 4. The number of nitrogens with zero attached hydrogens (tertiary/aromatic N) is 2. The first-order valence-corrected chi connectivity index (χ1v) is 6.88. The van der Waals surface area contributed by atoms with Crippen molar-refractivity contribution >= 4 is 23.7 Å². The number of aryl methyl sites for hydroxylation is 2. The number of aromatic nitrogens is 2. The van der Waals surface area contributed by atoms with Crippen LogP contribution in [0.2, 0.25) is 0 Å². The van der Waals surface area contributed by atoms with Crippen molar-refractivity contribution in [3.8, 4) is 0 Å². The Bertz CT molecular complexity index is 459. The van der Waals surface area contributed by atoms with Gasteiger partial charge in [-0.15, -0.1) is 0 Å². The quantitative estimate of drug-likeness (QED) is 0.644. The van der Waals surface area contributed by atoms with Gasteiger partial charge in [-0.2, -0.15) is 0 Å². The lowest BCUT2D eigenvalue weighted by Crippen LogP contribution is -2.42. The lowest BCUT2D eigenvalue weighted by Gasteiger charge is -2.11. The Morgan fingerprint density at radius 1 is 1.37 bits per heavy atom. The Morgan fingerprint density at radius 3 is 2.63 bits per heavy atom. The van der Waals surface area contributed by atoms with Crippen LogP contribution in [0.15, 0.2) is 11.1 Å². The van der Waals surface area contributed by atoms with E-state index in [0.717, 1.165) is 10.7 Å². The van der Waals surface area contributed by atoms with Crippen molar-refractivity contribution < 1.29 is 9.59 Å². The van der Waals surface area contributed by atoms with Crippen LogP contribution in [-0.2, 0) is 4.79 Å². The number of amides is 3. The van der Waals surface area contributed by atoms with Crippen molar-refractivity contribution in [3.63, 3.8) is 0 Å². The Morgan fingerprint density at radius 2 is 2.05 bits per heavy atom. The lowest BCUT2D eigenvalue weighted by molar-refractivity contribution is -0.119. The van der Waals surface area contributed by atoms with Crippen LogP contribution in [0.25, 0.3) is 0 Å². The van der Waals surface area contributed by atoms with Crippen molar-refractivity contribution in [2.45, 2.75) is 38.0 Å². The first kappa shape index (κ1) is 15.4. The zero-order chi connectivity index (χ0) is 14.4. The van der Waals surface area contributed by atoms with Gasteiger partial charge in [-0.05, 0) is 33.8 Å². The number of carbonyl (C=O) groups excluding carboxylic acids is 2. The maximum Gasteiger partial charge on any atom is 0.321 e. The molecule has 0 fully saturated rings. The Balaban J connectivity index is 2.60. The van der Waals surface area contributed by atoms with E-state index in [1.807, 2.05) is 13.0 Å². The van der Waals surface area contributed by atoms with Gasteiger partial charge >= 0.3 is 6.03 Å². The fourth-order valence-electron chi connectivity index (χ4n) is 1.40. The van der Waals surface area contributed by atoms with Crippen LogP contribution in [0.3, 0.4) is 0 Å². The second kappa shape index (κ2) is 7.08. The number of hydrogen-bond acceptors (Lipinski definition) is 5. The summed E-state index contributed by atoms with van der Waals surface area (Å²) in [5.41, 5.74) is 0.853. The van der Waals surface area contributed by atoms with Crippen LogP contribution in [0, 0.1) is 13.8 Å². The molecule has 0 saturated heterocycles. The molecule has 1 atom stereocenters. The number of hydrogen-bond donors (Lipinski definition) is 2. The third-order valence-corrected chi connectivity index (χ3v) is 3.20. The van der Waals surface area contributed by atoms with E-state index in [2.05, 4.69) is 20.6 Å². The minimum atomic E-state index is -0.477. The number of nitrogens with one attached hydrogen (secondary N) is 2. The highest BCUT2D eigenvalue weighted by molar-refractivity contribution is 8.00. The van der Waals surface area contributed by atoms with Gasteiger partial charge in [0.15, 0.2) is 0 Å². The minimum absolute atomic E-state index is 0.343. The molecule has 19 heavy (non-hydrogen) atoms. The molecule has 0 saturated carbocycles. The standard InChI is InChI=1S/C12H18N4O2S/c1-5-13-12(18)16-11(17)8(3)19-10-6-7(2)14-9(4)15-10/h6,8H,5H2,1-4H3,(H2,13,16,17,18). The van der Waals surface area contributed by atoms with Crippen LogP contribution in [0.5, 0.6) is 0 Å². The zero-order valence-electron chi connectivity index (χ0n) is 11.5. The van der Waals surface area contributed by atoms with Crippen LogP contribution < -0.4 is 10.6 Å². The Labute approximate surface area is 116 Å². The first-order valence-electron chi connectivity index (χ1n) is 6.00. The molecule has 6 nitrogen and oxygen atoms in total. The van der Waals surface area contributed by atoms with Gasteiger partial charge in [-0.3, -0.25) is 10.1 Å². The maximum atomic E-state index is 11.8. The summed E-state index contributed by atoms with van der Waals surface area (Å²) in [5.74, 6) is 0.323. The molecule has 1 heterocycles. The van der Waals surface area contributed by atoms with Crippen molar-refractivity contribution in [1.29, 1.82) is 0 Å². The topological polar surface area (TPSA) is 84.0 Å². The Kier molecular flexibility index (Phi) is 5.75. The van der Waals surface area contributed by atoms with Gasteiger partial charge < -0.3 is 5.32 Å². The van der Waals surface area contributed by atoms with Crippen LogP contribution >= 0.6 is 11.8 Å². The highest BCUT2D eigenvalue weighted by atomic mass is 32.2. The van der Waals surface area contributed by atoms with Gasteiger partial charge in [0, 0.05) is 12.2 Å². The van der Waals surface area contributed by atoms with Gasteiger partial charge in [0.2, 0.25) is 5.91 Å². The molecule has 2 N–H and O–H groups in total. The number of urea groups is 1. The SMILES string of the molecule is CCNC(=O)NC(=O)C(C)Sc1cc(C)nc(C)n1.